The van der Waals surface area contributed by atoms with E-state index in [2.05, 4.69) is 10.1 Å². The molecule has 7 nitrogen and oxygen atoms in total. The number of benzene rings is 2. The minimum absolute atomic E-state index is 0.00536. The third kappa shape index (κ3) is 4.57. The van der Waals surface area contributed by atoms with Gasteiger partial charge in [0.05, 0.1) is 12.7 Å². The largest absolute Gasteiger partial charge is 0.493 e. The fourth-order valence-corrected chi connectivity index (χ4v) is 4.13. The van der Waals surface area contributed by atoms with Gasteiger partial charge in [-0.1, -0.05) is 25.1 Å². The first kappa shape index (κ1) is 21.8. The summed E-state index contributed by atoms with van der Waals surface area (Å²) in [7, 11) is 1.52. The van der Waals surface area contributed by atoms with Crippen LogP contribution in [0.25, 0.3) is 6.08 Å². The first-order valence-electron chi connectivity index (χ1n) is 10.0. The summed E-state index contributed by atoms with van der Waals surface area (Å²) in [6.45, 7) is 2.30. The zero-order chi connectivity index (χ0) is 22.7. The number of ether oxygens (including phenoxy) is 2. The molecule has 2 aromatic carbocycles. The molecule has 2 heterocycles. The molecule has 32 heavy (non-hydrogen) atoms. The maximum Gasteiger partial charge on any atom is 0.283 e. The minimum atomic E-state index is -0.475. The Balaban J connectivity index is 1.54. The Hall–Kier alpha value is -3.46. The first-order chi connectivity index (χ1) is 15.5. The number of hydrogen-bond donors (Lipinski definition) is 1. The number of fused-ring (bicyclic) bond motifs is 1. The van der Waals surface area contributed by atoms with Crippen molar-refractivity contribution in [2.75, 3.05) is 7.11 Å². The van der Waals surface area contributed by atoms with Crippen molar-refractivity contribution >= 4 is 39.8 Å². The summed E-state index contributed by atoms with van der Waals surface area (Å²) >= 11 is 1.33. The summed E-state index contributed by atoms with van der Waals surface area (Å²) in [5.41, 5.74) is 1.63. The van der Waals surface area contributed by atoms with Crippen molar-refractivity contribution in [3.63, 3.8) is 0 Å². The van der Waals surface area contributed by atoms with Gasteiger partial charge in [0.2, 0.25) is 5.17 Å². The highest BCUT2D eigenvalue weighted by molar-refractivity contribution is 8.26. The highest BCUT2D eigenvalue weighted by atomic mass is 32.2. The lowest BCUT2D eigenvalue weighted by Gasteiger charge is -2.20. The summed E-state index contributed by atoms with van der Waals surface area (Å²) < 4.78 is 24.3. The van der Waals surface area contributed by atoms with Crippen LogP contribution in [0, 0.1) is 11.2 Å². The van der Waals surface area contributed by atoms with E-state index < -0.39 is 5.91 Å². The molecule has 0 bridgehead atoms. The molecule has 0 spiro atoms. The molecule has 4 rings (SSSR count). The van der Waals surface area contributed by atoms with Gasteiger partial charge in [0.25, 0.3) is 5.91 Å². The number of halogens is 1. The summed E-state index contributed by atoms with van der Waals surface area (Å²) in [5, 5.41) is 15.5. The lowest BCUT2D eigenvalue weighted by atomic mass is 10.1. The van der Waals surface area contributed by atoms with E-state index in [1.54, 1.807) is 36.4 Å². The second kappa shape index (κ2) is 9.35. The summed E-state index contributed by atoms with van der Waals surface area (Å²) in [4.78, 5) is 16.6. The molecule has 9 heteroatoms. The van der Waals surface area contributed by atoms with E-state index in [9.17, 15) is 9.18 Å². The number of carbonyl (C=O) groups excluding carboxylic acids is 1. The van der Waals surface area contributed by atoms with Gasteiger partial charge in [-0.25, -0.2) is 4.39 Å². The van der Waals surface area contributed by atoms with Crippen LogP contribution in [0.4, 0.5) is 4.39 Å². The maximum absolute atomic E-state index is 13.1. The Morgan fingerprint density at radius 2 is 1.97 bits per heavy atom. The Morgan fingerprint density at radius 1 is 1.19 bits per heavy atom. The van der Waals surface area contributed by atoms with Gasteiger partial charge in [-0.15, -0.1) is 0 Å². The lowest BCUT2D eigenvalue weighted by molar-refractivity contribution is -0.114. The van der Waals surface area contributed by atoms with Gasteiger partial charge < -0.3 is 9.47 Å². The molecule has 1 N–H and O–H groups in total. The normalized spacial score (nSPS) is 16.7. The van der Waals surface area contributed by atoms with E-state index >= 15 is 0 Å². The van der Waals surface area contributed by atoms with Gasteiger partial charge in [0.1, 0.15) is 17.5 Å². The fourth-order valence-electron chi connectivity index (χ4n) is 3.15. The van der Waals surface area contributed by atoms with Crippen LogP contribution in [-0.4, -0.2) is 34.1 Å². The van der Waals surface area contributed by atoms with Crippen LogP contribution in [0.15, 0.2) is 58.1 Å². The smallest absolute Gasteiger partial charge is 0.283 e. The molecule has 0 unspecified atom stereocenters. The third-order valence-corrected chi connectivity index (χ3v) is 5.73. The highest BCUT2D eigenvalue weighted by Crippen LogP contribution is 2.32. The van der Waals surface area contributed by atoms with E-state index in [1.807, 2.05) is 6.92 Å². The predicted molar refractivity (Wildman–Crippen MR) is 124 cm³/mol. The Morgan fingerprint density at radius 3 is 2.69 bits per heavy atom. The van der Waals surface area contributed by atoms with E-state index in [0.717, 1.165) is 23.4 Å². The van der Waals surface area contributed by atoms with Crippen LogP contribution < -0.4 is 9.47 Å². The molecule has 0 aliphatic carbocycles. The molecule has 2 aliphatic rings. The van der Waals surface area contributed by atoms with Crippen molar-refractivity contribution < 1.29 is 18.7 Å². The molecule has 2 aliphatic heterocycles. The molecule has 0 saturated heterocycles. The number of nitrogens with zero attached hydrogens (tertiary/aromatic N) is 3. The van der Waals surface area contributed by atoms with Crippen LogP contribution in [0.1, 0.15) is 30.9 Å². The molecular weight excluding hydrogens is 431 g/mol. The number of nitrogens with one attached hydrogen (secondary N) is 1. The van der Waals surface area contributed by atoms with Crippen molar-refractivity contribution in [3.05, 3.63) is 65.0 Å². The summed E-state index contributed by atoms with van der Waals surface area (Å²) in [6.07, 6.45) is 3.29. The Kier molecular flexibility index (Phi) is 6.36. The van der Waals surface area contributed by atoms with Gasteiger partial charge in [0, 0.05) is 0 Å². The molecule has 0 fully saturated rings. The number of carbonyl (C=O) groups is 1. The van der Waals surface area contributed by atoms with Crippen molar-refractivity contribution in [1.29, 1.82) is 5.41 Å². The van der Waals surface area contributed by atoms with Crippen LogP contribution in [0.5, 0.6) is 11.5 Å². The summed E-state index contributed by atoms with van der Waals surface area (Å²) in [5.74, 6) is 0.198. The van der Waals surface area contributed by atoms with Crippen molar-refractivity contribution in [2.24, 2.45) is 10.1 Å². The average molecular weight is 453 g/mol. The van der Waals surface area contributed by atoms with Gasteiger partial charge >= 0.3 is 0 Å². The van der Waals surface area contributed by atoms with E-state index in [1.165, 1.54) is 36.0 Å². The predicted octanol–water partition coefficient (Wildman–Crippen LogP) is 4.83. The van der Waals surface area contributed by atoms with Crippen molar-refractivity contribution in [3.8, 4) is 11.5 Å². The number of methoxy groups -OCH3 is 1. The van der Waals surface area contributed by atoms with Crippen LogP contribution in [0.2, 0.25) is 0 Å². The third-order valence-electron chi connectivity index (χ3n) is 4.77. The van der Waals surface area contributed by atoms with Crippen LogP contribution in [-0.2, 0) is 11.4 Å². The van der Waals surface area contributed by atoms with Gasteiger partial charge in [0.15, 0.2) is 17.3 Å². The maximum atomic E-state index is 13.1. The number of rotatable bonds is 7. The number of hydrazone groups is 1. The summed E-state index contributed by atoms with van der Waals surface area (Å²) in [6, 6.07) is 11.3. The number of hydrogen-bond acceptors (Lipinski definition) is 6. The van der Waals surface area contributed by atoms with Gasteiger partial charge in [-0.05, 0) is 66.1 Å². The minimum Gasteiger partial charge on any atom is -0.493 e. The Labute approximate surface area is 189 Å². The standard InChI is InChI=1S/C23H21FN4O3S/c1-3-4-20-27-28-21(25)17(22(29)26-23(28)32-20)11-15-7-10-18(19(12-15)30-2)31-13-14-5-8-16(24)9-6-14/h5-12,25H,3-4,13H2,1-2H3. The fraction of sp³-hybridized carbons (Fsp3) is 0.217. The molecule has 0 aromatic heterocycles. The average Bonchev–Trinajstić information content (AvgIpc) is 3.19. The molecule has 164 valence electrons. The monoisotopic (exact) mass is 452 g/mol. The SMILES string of the molecule is CCCC1=NN2C(=N)C(=Cc3ccc(OCc4ccc(F)cc4)c(OC)c3)C(=O)N=C2S1. The number of aliphatic imine (C=N–C) groups is 1. The number of amidine groups is 2. The lowest BCUT2D eigenvalue weighted by Crippen LogP contribution is -2.35. The van der Waals surface area contributed by atoms with E-state index in [-0.39, 0.29) is 23.8 Å². The Bertz CT molecular complexity index is 1160. The highest BCUT2D eigenvalue weighted by Gasteiger charge is 2.35. The number of thioether (sulfide) groups is 1. The molecule has 1 amide bonds. The number of amides is 1. The molecule has 2 aromatic rings. The molecule has 0 atom stereocenters. The van der Waals surface area contributed by atoms with Crippen LogP contribution in [0.3, 0.4) is 0 Å². The van der Waals surface area contributed by atoms with Crippen molar-refractivity contribution in [1.82, 2.24) is 5.01 Å². The van der Waals surface area contributed by atoms with E-state index in [0.29, 0.717) is 22.2 Å². The van der Waals surface area contributed by atoms with Gasteiger partial charge in [-0.2, -0.15) is 15.1 Å². The second-order valence-electron chi connectivity index (χ2n) is 7.09. The van der Waals surface area contributed by atoms with Crippen molar-refractivity contribution in [2.45, 2.75) is 26.4 Å². The van der Waals surface area contributed by atoms with E-state index in [4.69, 9.17) is 14.9 Å². The topological polar surface area (TPSA) is 87.3 Å². The quantitative estimate of drug-likeness (QED) is 0.608. The zero-order valence-corrected chi connectivity index (χ0v) is 18.4. The molecule has 0 saturated carbocycles. The zero-order valence-electron chi connectivity index (χ0n) is 17.6. The molecule has 0 radical (unpaired) electrons. The second-order valence-corrected chi connectivity index (χ2v) is 8.13. The molecular formula is C23H21FN4O3S. The first-order valence-corrected chi connectivity index (χ1v) is 10.8. The van der Waals surface area contributed by atoms with Gasteiger partial charge in [-0.3, -0.25) is 10.2 Å². The van der Waals surface area contributed by atoms with Crippen LogP contribution >= 0.6 is 11.8 Å².